The summed E-state index contributed by atoms with van der Waals surface area (Å²) in [7, 11) is 1.74. The summed E-state index contributed by atoms with van der Waals surface area (Å²) in [6.45, 7) is 5.00. The lowest BCUT2D eigenvalue weighted by molar-refractivity contribution is -0.123. The molecule has 2 aromatic carbocycles. The number of anilines is 1. The van der Waals surface area contributed by atoms with Crippen LogP contribution in [0.3, 0.4) is 0 Å². The molecule has 0 bridgehead atoms. The Morgan fingerprint density at radius 3 is 2.53 bits per heavy atom. The molecule has 7 nitrogen and oxygen atoms in total. The van der Waals surface area contributed by atoms with E-state index in [0.29, 0.717) is 31.2 Å². The molecule has 1 atom stereocenters. The molecular weight excluding hydrogens is 402 g/mol. The second-order valence-corrected chi connectivity index (χ2v) is 8.43. The number of pyridine rings is 1. The molecule has 1 heterocycles. The van der Waals surface area contributed by atoms with Crippen LogP contribution in [0.2, 0.25) is 0 Å². The summed E-state index contributed by atoms with van der Waals surface area (Å²) < 4.78 is 0. The van der Waals surface area contributed by atoms with Crippen molar-refractivity contribution in [2.45, 2.75) is 32.9 Å². The molecule has 32 heavy (non-hydrogen) atoms. The van der Waals surface area contributed by atoms with Crippen molar-refractivity contribution in [3.05, 3.63) is 71.9 Å². The van der Waals surface area contributed by atoms with Crippen molar-refractivity contribution in [2.75, 3.05) is 19.3 Å². The molecule has 0 aliphatic rings. The van der Waals surface area contributed by atoms with Gasteiger partial charge in [-0.3, -0.25) is 4.79 Å². The van der Waals surface area contributed by atoms with E-state index in [1.54, 1.807) is 24.2 Å². The van der Waals surface area contributed by atoms with E-state index in [-0.39, 0.29) is 11.9 Å². The van der Waals surface area contributed by atoms with Crippen LogP contribution in [-0.2, 0) is 17.8 Å². The lowest BCUT2D eigenvalue weighted by atomic mass is 9.98. The number of aromatic nitrogens is 1. The van der Waals surface area contributed by atoms with Gasteiger partial charge in [-0.05, 0) is 33.9 Å². The van der Waals surface area contributed by atoms with E-state index in [2.05, 4.69) is 15.6 Å². The maximum atomic E-state index is 13.1. The van der Waals surface area contributed by atoms with Crippen LogP contribution < -0.4 is 16.4 Å². The first-order chi connectivity index (χ1) is 15.3. The predicted molar refractivity (Wildman–Crippen MR) is 128 cm³/mol. The average Bonchev–Trinajstić information content (AvgIpc) is 2.77. The molecule has 1 aromatic heterocycles. The zero-order valence-corrected chi connectivity index (χ0v) is 18.8. The number of benzene rings is 2. The molecule has 0 aliphatic carbocycles. The third kappa shape index (κ3) is 6.20. The minimum absolute atomic E-state index is 0.249. The summed E-state index contributed by atoms with van der Waals surface area (Å²) in [6, 6.07) is 16.6. The molecule has 3 amide bonds. The number of fused-ring (bicyclic) bond motifs is 1. The number of carbonyl (C=O) groups is 2. The van der Waals surface area contributed by atoms with Crippen molar-refractivity contribution in [1.82, 2.24) is 20.5 Å². The van der Waals surface area contributed by atoms with Crippen molar-refractivity contribution < 1.29 is 9.59 Å². The van der Waals surface area contributed by atoms with Crippen LogP contribution in [0.15, 0.2) is 60.8 Å². The third-order valence-electron chi connectivity index (χ3n) is 5.22. The van der Waals surface area contributed by atoms with Gasteiger partial charge in [0.15, 0.2) is 0 Å². The van der Waals surface area contributed by atoms with E-state index >= 15 is 0 Å². The fraction of sp³-hybridized carbons (Fsp3) is 0.320. The number of urea groups is 1. The average molecular weight is 434 g/mol. The van der Waals surface area contributed by atoms with Crippen LogP contribution in [-0.4, -0.2) is 41.5 Å². The number of amides is 3. The molecule has 0 aliphatic heterocycles. The molecule has 168 valence electrons. The number of hydrogen-bond donors (Lipinski definition) is 3. The third-order valence-corrected chi connectivity index (χ3v) is 5.22. The van der Waals surface area contributed by atoms with Gasteiger partial charge in [-0.15, -0.1) is 0 Å². The summed E-state index contributed by atoms with van der Waals surface area (Å²) in [4.78, 5) is 31.5. The number of hydrogen-bond acceptors (Lipinski definition) is 4. The number of nitrogens with two attached hydrogens (primary N) is 1. The summed E-state index contributed by atoms with van der Waals surface area (Å²) in [6.07, 6.45) is 2.01. The van der Waals surface area contributed by atoms with Crippen molar-refractivity contribution in [1.29, 1.82) is 0 Å². The molecule has 0 radical (unpaired) electrons. The second-order valence-electron chi connectivity index (χ2n) is 8.43. The zero-order valence-electron chi connectivity index (χ0n) is 18.8. The molecule has 3 aromatic rings. The molecule has 0 saturated heterocycles. The van der Waals surface area contributed by atoms with E-state index in [9.17, 15) is 9.59 Å². The highest BCUT2D eigenvalue weighted by molar-refractivity contribution is 5.90. The van der Waals surface area contributed by atoms with Gasteiger partial charge in [0.1, 0.15) is 11.9 Å². The van der Waals surface area contributed by atoms with Gasteiger partial charge >= 0.3 is 6.03 Å². The molecule has 3 rings (SSSR count). The van der Waals surface area contributed by atoms with Crippen LogP contribution in [0, 0.1) is 5.92 Å². The van der Waals surface area contributed by atoms with Crippen LogP contribution in [0.1, 0.15) is 25.0 Å². The summed E-state index contributed by atoms with van der Waals surface area (Å²) in [5.74, 6) is 0.504. The quantitative estimate of drug-likeness (QED) is 0.507. The Balaban J connectivity index is 1.78. The normalized spacial score (nSPS) is 11.9. The van der Waals surface area contributed by atoms with E-state index in [4.69, 9.17) is 5.73 Å². The van der Waals surface area contributed by atoms with Gasteiger partial charge in [-0.1, -0.05) is 62.4 Å². The van der Waals surface area contributed by atoms with Gasteiger partial charge in [-0.25, -0.2) is 9.78 Å². The van der Waals surface area contributed by atoms with Gasteiger partial charge in [0, 0.05) is 32.8 Å². The van der Waals surface area contributed by atoms with E-state index < -0.39 is 6.04 Å². The number of nitrogen functional groups attached to an aromatic ring is 1. The number of carbonyl (C=O) groups excluding carboxylic acids is 2. The fourth-order valence-electron chi connectivity index (χ4n) is 3.64. The second kappa shape index (κ2) is 10.6. The maximum Gasteiger partial charge on any atom is 0.317 e. The maximum absolute atomic E-state index is 13.1. The van der Waals surface area contributed by atoms with E-state index in [0.717, 1.165) is 21.9 Å². The molecule has 7 heteroatoms. The van der Waals surface area contributed by atoms with Gasteiger partial charge in [0.2, 0.25) is 5.91 Å². The first-order valence-corrected chi connectivity index (χ1v) is 10.8. The minimum atomic E-state index is -0.718. The van der Waals surface area contributed by atoms with Crippen molar-refractivity contribution in [3.8, 4) is 0 Å². The lowest BCUT2D eigenvalue weighted by Gasteiger charge is -2.25. The van der Waals surface area contributed by atoms with Gasteiger partial charge in [0.05, 0.1) is 0 Å². The largest absolute Gasteiger partial charge is 0.384 e. The predicted octanol–water partition coefficient (Wildman–Crippen LogP) is 3.34. The molecule has 0 fully saturated rings. The first-order valence-electron chi connectivity index (χ1n) is 10.8. The highest BCUT2D eigenvalue weighted by Gasteiger charge is 2.24. The highest BCUT2D eigenvalue weighted by Crippen LogP contribution is 2.20. The Morgan fingerprint density at radius 1 is 1.06 bits per heavy atom. The van der Waals surface area contributed by atoms with Crippen molar-refractivity contribution in [2.24, 2.45) is 5.92 Å². The molecule has 4 N–H and O–H groups in total. The summed E-state index contributed by atoms with van der Waals surface area (Å²) in [5, 5.41) is 8.01. The number of rotatable bonds is 8. The summed E-state index contributed by atoms with van der Waals surface area (Å²) >= 11 is 0. The minimum Gasteiger partial charge on any atom is -0.384 e. The number of nitrogens with one attached hydrogen (secondary N) is 2. The Morgan fingerprint density at radius 2 is 1.81 bits per heavy atom. The zero-order chi connectivity index (χ0) is 23.1. The van der Waals surface area contributed by atoms with Gasteiger partial charge in [-0.2, -0.15) is 0 Å². The van der Waals surface area contributed by atoms with Crippen LogP contribution >= 0.6 is 0 Å². The molecule has 0 unspecified atom stereocenters. The highest BCUT2D eigenvalue weighted by atomic mass is 16.2. The van der Waals surface area contributed by atoms with Crippen molar-refractivity contribution >= 4 is 28.5 Å². The van der Waals surface area contributed by atoms with Crippen molar-refractivity contribution in [3.63, 3.8) is 0 Å². The van der Waals surface area contributed by atoms with E-state index in [1.807, 2.05) is 62.4 Å². The Bertz CT molecular complexity index is 1060. The standard InChI is InChI=1S/C25H31N5O2/c1-17(2)16-30(3)25(32)29-22(24(31)28-15-18-11-12-23(26)27-14-18)13-20-9-6-8-19-7-4-5-10-21(19)20/h4-12,14,17,22H,13,15-16H2,1-3H3,(H2,26,27)(H,28,31)(H,29,32)/t22-/m0/s1. The molecular formula is C25H31N5O2. The fourth-order valence-corrected chi connectivity index (χ4v) is 3.64. The SMILES string of the molecule is CC(C)CN(C)C(=O)N[C@@H](Cc1cccc2ccccc12)C(=O)NCc1ccc(N)nc1. The van der Waals surface area contributed by atoms with E-state index in [1.165, 1.54) is 0 Å². The van der Waals surface area contributed by atoms with Crippen LogP contribution in [0.25, 0.3) is 10.8 Å². The summed E-state index contributed by atoms with van der Waals surface area (Å²) in [5.41, 5.74) is 7.47. The Labute approximate surface area is 189 Å². The van der Waals surface area contributed by atoms with Crippen LogP contribution in [0.5, 0.6) is 0 Å². The molecule has 0 spiro atoms. The van der Waals surface area contributed by atoms with Gasteiger partial charge in [0.25, 0.3) is 0 Å². The Hall–Kier alpha value is -3.61. The smallest absolute Gasteiger partial charge is 0.317 e. The topological polar surface area (TPSA) is 100 Å². The lowest BCUT2D eigenvalue weighted by Crippen LogP contribution is -2.51. The molecule has 0 saturated carbocycles. The van der Waals surface area contributed by atoms with Gasteiger partial charge < -0.3 is 21.3 Å². The Kier molecular flexibility index (Phi) is 7.65. The first kappa shape index (κ1) is 23.1. The monoisotopic (exact) mass is 433 g/mol. The van der Waals surface area contributed by atoms with Crippen LogP contribution in [0.4, 0.5) is 10.6 Å². The number of nitrogens with zero attached hydrogens (tertiary/aromatic N) is 2.